The molecule has 1 aliphatic heterocycles. The Morgan fingerprint density at radius 1 is 1.56 bits per heavy atom. The van der Waals surface area contributed by atoms with Crippen LogP contribution in [0.1, 0.15) is 39.0 Å². The van der Waals surface area contributed by atoms with Crippen molar-refractivity contribution in [3.8, 4) is 6.07 Å². The van der Waals surface area contributed by atoms with Crippen molar-refractivity contribution in [3.05, 3.63) is 0 Å². The van der Waals surface area contributed by atoms with Crippen molar-refractivity contribution in [2.75, 3.05) is 13.6 Å². The zero-order chi connectivity index (χ0) is 12.0. The molecule has 0 aromatic heterocycles. The fourth-order valence-corrected chi connectivity index (χ4v) is 1.97. The molecule has 0 aromatic rings. The van der Waals surface area contributed by atoms with E-state index in [1.165, 1.54) is 6.42 Å². The van der Waals surface area contributed by atoms with Gasteiger partial charge in [0.1, 0.15) is 0 Å². The van der Waals surface area contributed by atoms with E-state index in [-0.39, 0.29) is 18.0 Å². The van der Waals surface area contributed by atoms with Gasteiger partial charge in [-0.15, -0.1) is 0 Å². The van der Waals surface area contributed by atoms with E-state index in [4.69, 9.17) is 5.26 Å². The van der Waals surface area contributed by atoms with Crippen LogP contribution < -0.4 is 5.32 Å². The molecule has 2 unspecified atom stereocenters. The Kier molecular flexibility index (Phi) is 5.27. The highest BCUT2D eigenvalue weighted by molar-refractivity contribution is 5.82. The van der Waals surface area contributed by atoms with Crippen LogP contribution in [0.25, 0.3) is 0 Å². The van der Waals surface area contributed by atoms with Gasteiger partial charge in [-0.25, -0.2) is 0 Å². The van der Waals surface area contributed by atoms with Crippen molar-refractivity contribution in [1.29, 1.82) is 5.26 Å². The molecule has 1 amide bonds. The highest BCUT2D eigenvalue weighted by atomic mass is 16.2. The number of hydrogen-bond acceptors (Lipinski definition) is 3. The summed E-state index contributed by atoms with van der Waals surface area (Å²) in [6.45, 7) is 2.84. The van der Waals surface area contributed by atoms with E-state index >= 15 is 0 Å². The van der Waals surface area contributed by atoms with Gasteiger partial charge in [-0.2, -0.15) is 5.26 Å². The van der Waals surface area contributed by atoms with Gasteiger partial charge in [0.25, 0.3) is 0 Å². The number of hydrogen-bond donors (Lipinski definition) is 1. The van der Waals surface area contributed by atoms with Gasteiger partial charge in [-0.1, -0.05) is 12.8 Å². The minimum Gasteiger partial charge on any atom is -0.341 e. The largest absolute Gasteiger partial charge is 0.341 e. The van der Waals surface area contributed by atoms with Crippen molar-refractivity contribution in [3.63, 3.8) is 0 Å². The first-order valence-electron chi connectivity index (χ1n) is 6.04. The lowest BCUT2D eigenvalue weighted by molar-refractivity contribution is -0.133. The van der Waals surface area contributed by atoms with Gasteiger partial charge in [-0.3, -0.25) is 4.79 Å². The summed E-state index contributed by atoms with van der Waals surface area (Å²) < 4.78 is 0. The lowest BCUT2D eigenvalue weighted by Crippen LogP contribution is -2.47. The molecular weight excluding hydrogens is 202 g/mol. The molecule has 0 aromatic carbocycles. The van der Waals surface area contributed by atoms with Crippen LogP contribution in [0.15, 0.2) is 0 Å². The lowest BCUT2D eigenvalue weighted by Gasteiger charge is -2.27. The third kappa shape index (κ3) is 3.49. The molecule has 1 heterocycles. The summed E-state index contributed by atoms with van der Waals surface area (Å²) in [4.78, 5) is 13.8. The minimum atomic E-state index is -0.0476. The predicted octanol–water partition coefficient (Wildman–Crippen LogP) is 1.28. The standard InChI is InChI=1S/C12H21N3O/c1-10(7-8-13)15(2)12(16)11-6-4-3-5-9-14-11/h10-11,14H,3-7,9H2,1-2H3. The maximum absolute atomic E-state index is 12.1. The van der Waals surface area contributed by atoms with Crippen molar-refractivity contribution in [2.24, 2.45) is 0 Å². The molecule has 1 saturated heterocycles. The van der Waals surface area contributed by atoms with Crippen LogP contribution in [0, 0.1) is 11.3 Å². The quantitative estimate of drug-likeness (QED) is 0.784. The molecule has 2 atom stereocenters. The van der Waals surface area contributed by atoms with Gasteiger partial charge in [0, 0.05) is 13.1 Å². The SMILES string of the molecule is CC(CC#N)N(C)C(=O)C1CCCCCN1. The van der Waals surface area contributed by atoms with Crippen molar-refractivity contribution in [2.45, 2.75) is 51.1 Å². The van der Waals surface area contributed by atoms with Crippen LogP contribution in [0.2, 0.25) is 0 Å². The summed E-state index contributed by atoms with van der Waals surface area (Å²) in [5.41, 5.74) is 0. The topological polar surface area (TPSA) is 56.1 Å². The number of amides is 1. The van der Waals surface area contributed by atoms with Crippen LogP contribution in [0.4, 0.5) is 0 Å². The number of nitriles is 1. The normalized spacial score (nSPS) is 22.9. The highest BCUT2D eigenvalue weighted by Crippen LogP contribution is 2.12. The molecule has 0 spiro atoms. The summed E-state index contributed by atoms with van der Waals surface area (Å²) in [5, 5.41) is 11.9. The second-order valence-electron chi connectivity index (χ2n) is 4.52. The van der Waals surface area contributed by atoms with Gasteiger partial charge in [-0.05, 0) is 26.3 Å². The Hall–Kier alpha value is -1.08. The molecule has 1 rings (SSSR count). The first-order chi connectivity index (χ1) is 7.66. The molecule has 90 valence electrons. The molecule has 4 heteroatoms. The number of likely N-dealkylation sites (N-methyl/N-ethyl adjacent to an activating group) is 1. The van der Waals surface area contributed by atoms with Gasteiger partial charge in [0.2, 0.25) is 5.91 Å². The summed E-state index contributed by atoms with van der Waals surface area (Å²) >= 11 is 0. The molecule has 0 saturated carbocycles. The number of carbonyl (C=O) groups is 1. The molecule has 4 nitrogen and oxygen atoms in total. The second kappa shape index (κ2) is 6.49. The molecular formula is C12H21N3O. The molecule has 1 N–H and O–H groups in total. The van der Waals surface area contributed by atoms with Gasteiger partial charge >= 0.3 is 0 Å². The van der Waals surface area contributed by atoms with Crippen LogP contribution in [-0.4, -0.2) is 36.5 Å². The summed E-state index contributed by atoms with van der Waals surface area (Å²) in [5.74, 6) is 0.129. The van der Waals surface area contributed by atoms with Gasteiger partial charge in [0.15, 0.2) is 0 Å². The number of nitrogens with zero attached hydrogens (tertiary/aromatic N) is 2. The zero-order valence-corrected chi connectivity index (χ0v) is 10.2. The van der Waals surface area contributed by atoms with Crippen LogP contribution in [0.5, 0.6) is 0 Å². The fourth-order valence-electron chi connectivity index (χ4n) is 1.97. The summed E-state index contributed by atoms with van der Waals surface area (Å²) in [7, 11) is 1.79. The van der Waals surface area contributed by atoms with E-state index in [1.807, 2.05) is 6.92 Å². The molecule has 0 bridgehead atoms. The van der Waals surface area contributed by atoms with Crippen molar-refractivity contribution >= 4 is 5.91 Å². The Morgan fingerprint density at radius 3 is 3.00 bits per heavy atom. The lowest BCUT2D eigenvalue weighted by atomic mass is 10.1. The van der Waals surface area contributed by atoms with E-state index in [2.05, 4.69) is 11.4 Å². The maximum Gasteiger partial charge on any atom is 0.239 e. The molecule has 0 aliphatic carbocycles. The first-order valence-corrected chi connectivity index (χ1v) is 6.04. The third-order valence-corrected chi connectivity index (χ3v) is 3.25. The molecule has 1 aliphatic rings. The zero-order valence-electron chi connectivity index (χ0n) is 10.2. The second-order valence-corrected chi connectivity index (χ2v) is 4.52. The van der Waals surface area contributed by atoms with E-state index < -0.39 is 0 Å². The maximum atomic E-state index is 12.1. The number of carbonyl (C=O) groups excluding carboxylic acids is 1. The van der Waals surface area contributed by atoms with Crippen LogP contribution in [0.3, 0.4) is 0 Å². The average Bonchev–Trinajstić information content (AvgIpc) is 2.56. The molecule has 1 fully saturated rings. The van der Waals surface area contributed by atoms with Gasteiger partial charge < -0.3 is 10.2 Å². The number of nitrogens with one attached hydrogen (secondary N) is 1. The van der Waals surface area contributed by atoms with E-state index in [1.54, 1.807) is 11.9 Å². The third-order valence-electron chi connectivity index (χ3n) is 3.25. The highest BCUT2D eigenvalue weighted by Gasteiger charge is 2.25. The Balaban J connectivity index is 2.51. The minimum absolute atomic E-state index is 0.00236. The smallest absolute Gasteiger partial charge is 0.239 e. The first kappa shape index (κ1) is 13.0. The van der Waals surface area contributed by atoms with E-state index in [0.29, 0.717) is 6.42 Å². The van der Waals surface area contributed by atoms with Crippen molar-refractivity contribution in [1.82, 2.24) is 10.2 Å². The van der Waals surface area contributed by atoms with Gasteiger partial charge in [0.05, 0.1) is 18.5 Å². The average molecular weight is 223 g/mol. The summed E-state index contributed by atoms with van der Waals surface area (Å²) in [6, 6.07) is 2.06. The summed E-state index contributed by atoms with van der Waals surface area (Å²) in [6.07, 6.45) is 4.79. The Morgan fingerprint density at radius 2 is 2.31 bits per heavy atom. The molecule has 0 radical (unpaired) electrons. The predicted molar refractivity (Wildman–Crippen MR) is 62.7 cm³/mol. The van der Waals surface area contributed by atoms with Crippen LogP contribution >= 0.6 is 0 Å². The van der Waals surface area contributed by atoms with E-state index in [9.17, 15) is 4.79 Å². The Labute approximate surface area is 97.6 Å². The monoisotopic (exact) mass is 223 g/mol. The molecule has 16 heavy (non-hydrogen) atoms. The van der Waals surface area contributed by atoms with Crippen LogP contribution in [-0.2, 0) is 4.79 Å². The van der Waals surface area contributed by atoms with Crippen molar-refractivity contribution < 1.29 is 4.79 Å². The van der Waals surface area contributed by atoms with E-state index in [0.717, 1.165) is 25.8 Å². The number of rotatable bonds is 3. The fraction of sp³-hybridized carbons (Fsp3) is 0.833. The Bertz CT molecular complexity index is 264.